The van der Waals surface area contributed by atoms with E-state index in [1.165, 1.54) is 6.92 Å². The van der Waals surface area contributed by atoms with E-state index in [1.807, 2.05) is 12.1 Å². The first-order valence-corrected chi connectivity index (χ1v) is 7.42. The fraction of sp³-hybridized carbons (Fsp3) is 0.500. The second-order valence-electron chi connectivity index (χ2n) is 4.61. The Hall–Kier alpha value is -0.670. The van der Waals surface area contributed by atoms with Crippen LogP contribution in [0.2, 0.25) is 0 Å². The number of hydrogen-bond donors (Lipinski definition) is 3. The van der Waals surface area contributed by atoms with Gasteiger partial charge in [-0.05, 0) is 24.0 Å². The molecule has 1 rings (SSSR count). The van der Waals surface area contributed by atoms with Crippen molar-refractivity contribution in [2.75, 3.05) is 0 Å². The number of benzene rings is 1. The molecule has 0 fully saturated rings. The van der Waals surface area contributed by atoms with E-state index in [0.29, 0.717) is 11.5 Å². The molecular weight excluding hydrogens is 237 g/mol. The van der Waals surface area contributed by atoms with Gasteiger partial charge in [0, 0.05) is 0 Å². The van der Waals surface area contributed by atoms with Crippen molar-refractivity contribution in [1.29, 1.82) is 0 Å². The number of hydrogen-bond acceptors (Lipinski definition) is 3. The Morgan fingerprint density at radius 1 is 1.12 bits per heavy atom. The molecule has 0 saturated heterocycles. The molecule has 0 aliphatic rings. The number of aliphatic hydroxyl groups excluding tert-OH is 1. The van der Waals surface area contributed by atoms with Crippen LogP contribution in [-0.2, 0) is 4.57 Å². The zero-order valence-electron chi connectivity index (χ0n) is 10.4. The molecule has 3 unspecified atom stereocenters. The third kappa shape index (κ3) is 3.17. The Labute approximate surface area is 102 Å². The number of rotatable bonds is 4. The lowest BCUT2D eigenvalue weighted by Crippen LogP contribution is -2.19. The molecule has 96 valence electrons. The SMILES string of the molecule is CC(C)c1ccc(C(O)P(=O)(O)C(C)N)cc1. The standard InChI is InChI=1S/C12H20NO3P/c1-8(2)10-4-6-11(7-5-10)12(14)17(15,16)9(3)13/h4-9,12,14H,13H2,1-3H3,(H,15,16). The largest absolute Gasteiger partial charge is 0.378 e. The van der Waals surface area contributed by atoms with Crippen molar-refractivity contribution in [1.82, 2.24) is 0 Å². The van der Waals surface area contributed by atoms with Crippen molar-refractivity contribution >= 4 is 7.37 Å². The van der Waals surface area contributed by atoms with Gasteiger partial charge in [-0.3, -0.25) is 4.57 Å². The van der Waals surface area contributed by atoms with Crippen molar-refractivity contribution in [2.24, 2.45) is 5.73 Å². The molecule has 4 nitrogen and oxygen atoms in total. The number of nitrogens with two attached hydrogens (primary N) is 1. The summed E-state index contributed by atoms with van der Waals surface area (Å²) in [6.45, 7) is 5.54. The summed E-state index contributed by atoms with van der Waals surface area (Å²) in [6.07, 6.45) is 0. The van der Waals surface area contributed by atoms with Crippen LogP contribution in [0.5, 0.6) is 0 Å². The van der Waals surface area contributed by atoms with Crippen LogP contribution in [0.25, 0.3) is 0 Å². The zero-order chi connectivity index (χ0) is 13.2. The van der Waals surface area contributed by atoms with Crippen LogP contribution >= 0.6 is 7.37 Å². The molecule has 1 aromatic carbocycles. The van der Waals surface area contributed by atoms with Crippen LogP contribution in [0.3, 0.4) is 0 Å². The molecule has 3 atom stereocenters. The molecule has 5 heteroatoms. The second kappa shape index (κ2) is 5.32. The molecule has 0 amide bonds. The minimum atomic E-state index is -3.78. The van der Waals surface area contributed by atoms with Gasteiger partial charge in [-0.1, -0.05) is 38.1 Å². The van der Waals surface area contributed by atoms with Crippen molar-refractivity contribution < 1.29 is 14.6 Å². The van der Waals surface area contributed by atoms with E-state index in [2.05, 4.69) is 13.8 Å². The van der Waals surface area contributed by atoms with E-state index in [4.69, 9.17) is 5.73 Å². The summed E-state index contributed by atoms with van der Waals surface area (Å²) in [4.78, 5) is 9.67. The van der Waals surface area contributed by atoms with Gasteiger partial charge in [0.15, 0.2) is 5.85 Å². The molecule has 0 aliphatic heterocycles. The van der Waals surface area contributed by atoms with Gasteiger partial charge in [-0.25, -0.2) is 0 Å². The molecule has 17 heavy (non-hydrogen) atoms. The first kappa shape index (κ1) is 14.4. The Kier molecular flexibility index (Phi) is 4.50. The van der Waals surface area contributed by atoms with Crippen molar-refractivity contribution in [3.05, 3.63) is 35.4 Å². The Morgan fingerprint density at radius 2 is 1.53 bits per heavy atom. The fourth-order valence-electron chi connectivity index (χ4n) is 1.49. The van der Waals surface area contributed by atoms with Crippen molar-refractivity contribution in [3.63, 3.8) is 0 Å². The molecule has 1 aromatic rings. The summed E-state index contributed by atoms with van der Waals surface area (Å²) < 4.78 is 11.8. The quantitative estimate of drug-likeness (QED) is 0.723. The van der Waals surface area contributed by atoms with E-state index in [1.54, 1.807) is 12.1 Å². The smallest absolute Gasteiger partial charge is 0.248 e. The van der Waals surface area contributed by atoms with Crippen LogP contribution < -0.4 is 5.73 Å². The zero-order valence-corrected chi connectivity index (χ0v) is 11.3. The van der Waals surface area contributed by atoms with Crippen LogP contribution in [0, 0.1) is 0 Å². The highest BCUT2D eigenvalue weighted by atomic mass is 31.2. The minimum absolute atomic E-state index is 0.385. The van der Waals surface area contributed by atoms with Gasteiger partial charge >= 0.3 is 0 Å². The van der Waals surface area contributed by atoms with Gasteiger partial charge in [-0.2, -0.15) is 0 Å². The summed E-state index contributed by atoms with van der Waals surface area (Å²) in [6, 6.07) is 7.05. The molecule has 0 radical (unpaired) electrons. The third-order valence-corrected chi connectivity index (χ3v) is 5.00. The Balaban J connectivity index is 2.98. The fourth-order valence-corrected chi connectivity index (χ4v) is 2.53. The molecule has 0 heterocycles. The predicted molar refractivity (Wildman–Crippen MR) is 69.0 cm³/mol. The predicted octanol–water partition coefficient (Wildman–Crippen LogP) is 2.38. The molecule has 0 saturated carbocycles. The highest BCUT2D eigenvalue weighted by molar-refractivity contribution is 7.58. The first-order valence-electron chi connectivity index (χ1n) is 5.62. The summed E-state index contributed by atoms with van der Waals surface area (Å²) in [5, 5.41) is 9.86. The highest BCUT2D eigenvalue weighted by Gasteiger charge is 2.34. The van der Waals surface area contributed by atoms with Gasteiger partial charge in [0.05, 0.1) is 5.78 Å². The van der Waals surface area contributed by atoms with E-state index < -0.39 is 19.0 Å². The molecule has 0 aliphatic carbocycles. The van der Waals surface area contributed by atoms with Gasteiger partial charge < -0.3 is 15.7 Å². The van der Waals surface area contributed by atoms with E-state index >= 15 is 0 Å². The molecule has 4 N–H and O–H groups in total. The average molecular weight is 257 g/mol. The summed E-state index contributed by atoms with van der Waals surface area (Å²) >= 11 is 0. The molecule has 0 aromatic heterocycles. The maximum Gasteiger partial charge on any atom is 0.248 e. The van der Waals surface area contributed by atoms with Crippen LogP contribution in [0.4, 0.5) is 0 Å². The summed E-state index contributed by atoms with van der Waals surface area (Å²) in [7, 11) is -3.78. The first-order chi connectivity index (χ1) is 7.76. The lowest BCUT2D eigenvalue weighted by molar-refractivity contribution is 0.232. The average Bonchev–Trinajstić information content (AvgIpc) is 2.27. The van der Waals surface area contributed by atoms with E-state index in [0.717, 1.165) is 5.56 Å². The van der Waals surface area contributed by atoms with E-state index in [9.17, 15) is 14.6 Å². The second-order valence-corrected chi connectivity index (χ2v) is 7.26. The number of aliphatic hydroxyl groups is 1. The maximum atomic E-state index is 11.8. The Bertz CT molecular complexity index is 414. The molecular formula is C12H20NO3P. The monoisotopic (exact) mass is 257 g/mol. The van der Waals surface area contributed by atoms with Gasteiger partial charge in [0.1, 0.15) is 0 Å². The van der Waals surface area contributed by atoms with Gasteiger partial charge in [0.2, 0.25) is 7.37 Å². The van der Waals surface area contributed by atoms with Crippen molar-refractivity contribution in [2.45, 2.75) is 38.3 Å². The van der Waals surface area contributed by atoms with Crippen LogP contribution in [0.15, 0.2) is 24.3 Å². The lowest BCUT2D eigenvalue weighted by atomic mass is 10.0. The van der Waals surface area contributed by atoms with E-state index in [-0.39, 0.29) is 0 Å². The summed E-state index contributed by atoms with van der Waals surface area (Å²) in [5.74, 6) is -1.97. The lowest BCUT2D eigenvalue weighted by Gasteiger charge is -2.21. The van der Waals surface area contributed by atoms with Crippen LogP contribution in [0.1, 0.15) is 43.7 Å². The highest BCUT2D eigenvalue weighted by Crippen LogP contribution is 2.56. The topological polar surface area (TPSA) is 83.5 Å². The van der Waals surface area contributed by atoms with Crippen molar-refractivity contribution in [3.8, 4) is 0 Å². The maximum absolute atomic E-state index is 11.8. The molecule has 0 bridgehead atoms. The van der Waals surface area contributed by atoms with Gasteiger partial charge in [0.25, 0.3) is 0 Å². The van der Waals surface area contributed by atoms with Gasteiger partial charge in [-0.15, -0.1) is 0 Å². The van der Waals surface area contributed by atoms with Crippen LogP contribution in [-0.4, -0.2) is 15.8 Å². The normalized spacial score (nSPS) is 18.8. The summed E-state index contributed by atoms with van der Waals surface area (Å²) in [5.41, 5.74) is 6.96. The Morgan fingerprint density at radius 3 is 1.88 bits per heavy atom. The molecule has 0 spiro atoms. The minimum Gasteiger partial charge on any atom is -0.378 e. The third-order valence-electron chi connectivity index (χ3n) is 2.84.